The lowest BCUT2D eigenvalue weighted by atomic mass is 9.88. The maximum atomic E-state index is 10.3. The van der Waals surface area contributed by atoms with Gasteiger partial charge in [0.15, 0.2) is 0 Å². The van der Waals surface area contributed by atoms with Gasteiger partial charge < -0.3 is 4.79 Å². The number of hydrogen-bond donors (Lipinski definition) is 0. The van der Waals surface area contributed by atoms with E-state index in [-0.39, 0.29) is 0 Å². The van der Waals surface area contributed by atoms with Crippen LogP contribution in [0, 0.1) is 11.8 Å². The maximum Gasteiger partial charge on any atom is 0.120 e. The van der Waals surface area contributed by atoms with Gasteiger partial charge in [-0.25, -0.2) is 0 Å². The van der Waals surface area contributed by atoms with Crippen molar-refractivity contribution in [1.82, 2.24) is 0 Å². The molecule has 0 aromatic carbocycles. The summed E-state index contributed by atoms with van der Waals surface area (Å²) < 4.78 is 0.362. The molecule has 1 nitrogen and oxygen atoms in total. The Bertz CT molecular complexity index is 166. The molecule has 84 valence electrons. The lowest BCUT2D eigenvalue weighted by molar-refractivity contribution is -0.108. The average molecular weight is 216 g/mol. The molecule has 0 saturated carbocycles. The van der Waals surface area contributed by atoms with Crippen LogP contribution in [-0.2, 0) is 4.79 Å². The van der Waals surface area contributed by atoms with E-state index in [1.54, 1.807) is 0 Å². The van der Waals surface area contributed by atoms with Crippen LogP contribution in [0.1, 0.15) is 47.0 Å². The first kappa shape index (κ1) is 14.0. The van der Waals surface area contributed by atoms with Crippen molar-refractivity contribution >= 4 is 18.0 Å². The largest absolute Gasteiger partial charge is 0.303 e. The fourth-order valence-electron chi connectivity index (χ4n) is 1.37. The van der Waals surface area contributed by atoms with Gasteiger partial charge >= 0.3 is 0 Å². The summed E-state index contributed by atoms with van der Waals surface area (Å²) in [6, 6.07) is 0. The molecule has 0 spiro atoms. The molecule has 0 aliphatic heterocycles. The Hall–Kier alpha value is 0.0200. The van der Waals surface area contributed by atoms with E-state index in [9.17, 15) is 4.79 Å². The number of carbonyl (C=O) groups excluding carboxylic acids is 1. The summed E-state index contributed by atoms with van der Waals surface area (Å²) in [5, 5.41) is 0. The van der Waals surface area contributed by atoms with Crippen molar-refractivity contribution in [2.24, 2.45) is 11.8 Å². The normalized spacial score (nSPS) is 16.4. The molecule has 0 rings (SSSR count). The average Bonchev–Trinajstić information content (AvgIpc) is 2.14. The maximum absolute atomic E-state index is 10.3. The Balaban J connectivity index is 3.83. The molecule has 2 unspecified atom stereocenters. The Morgan fingerprint density at radius 3 is 2.29 bits per heavy atom. The molecule has 0 fully saturated rings. The number of rotatable bonds is 7. The van der Waals surface area contributed by atoms with Gasteiger partial charge in [0.05, 0.1) is 0 Å². The lowest BCUT2D eigenvalue weighted by Crippen LogP contribution is -2.25. The van der Waals surface area contributed by atoms with Gasteiger partial charge in [0, 0.05) is 11.2 Å². The van der Waals surface area contributed by atoms with Crippen molar-refractivity contribution in [3.8, 4) is 0 Å². The Labute approximate surface area is 93.0 Å². The number of hydrogen-bond acceptors (Lipinski definition) is 2. The van der Waals surface area contributed by atoms with Gasteiger partial charge in [0.2, 0.25) is 0 Å². The molecule has 0 bridgehead atoms. The number of carbonyl (C=O) groups is 1. The summed E-state index contributed by atoms with van der Waals surface area (Å²) in [5.41, 5.74) is 0. The third kappa shape index (κ3) is 5.04. The van der Waals surface area contributed by atoms with E-state index in [0.717, 1.165) is 6.29 Å². The molecule has 0 aromatic rings. The molecule has 0 heterocycles. The molecule has 0 amide bonds. The van der Waals surface area contributed by atoms with Crippen LogP contribution in [0.15, 0.2) is 0 Å². The van der Waals surface area contributed by atoms with Crippen molar-refractivity contribution in [3.63, 3.8) is 0 Å². The highest BCUT2D eigenvalue weighted by atomic mass is 32.2. The predicted molar refractivity (Wildman–Crippen MR) is 65.8 cm³/mol. The second-order valence-corrected chi connectivity index (χ2v) is 6.25. The van der Waals surface area contributed by atoms with E-state index in [4.69, 9.17) is 0 Å². The van der Waals surface area contributed by atoms with Gasteiger partial charge in [-0.1, -0.05) is 27.7 Å². The van der Waals surface area contributed by atoms with Gasteiger partial charge in [-0.15, -0.1) is 0 Å². The summed E-state index contributed by atoms with van der Waals surface area (Å²) in [6.07, 6.45) is 6.32. The molecule has 0 radical (unpaired) electrons. The summed E-state index contributed by atoms with van der Waals surface area (Å²) >= 11 is 1.93. The minimum atomic E-state index is 0.362. The molecule has 0 aromatic heterocycles. The Morgan fingerprint density at radius 2 is 1.86 bits per heavy atom. The van der Waals surface area contributed by atoms with Crippen LogP contribution in [0.25, 0.3) is 0 Å². The second kappa shape index (κ2) is 6.49. The van der Waals surface area contributed by atoms with Crippen LogP contribution in [0.4, 0.5) is 0 Å². The van der Waals surface area contributed by atoms with Gasteiger partial charge in [-0.05, 0) is 30.9 Å². The highest BCUT2D eigenvalue weighted by molar-refractivity contribution is 7.99. The fraction of sp³-hybridized carbons (Fsp3) is 0.917. The van der Waals surface area contributed by atoms with Gasteiger partial charge in [-0.3, -0.25) is 0 Å². The lowest BCUT2D eigenvalue weighted by Gasteiger charge is -2.30. The fourth-order valence-corrected chi connectivity index (χ4v) is 1.89. The Morgan fingerprint density at radius 1 is 1.29 bits per heavy atom. The van der Waals surface area contributed by atoms with E-state index in [1.807, 2.05) is 11.8 Å². The van der Waals surface area contributed by atoms with Gasteiger partial charge in [0.1, 0.15) is 6.29 Å². The molecule has 2 atom stereocenters. The first-order valence-electron chi connectivity index (χ1n) is 5.42. The van der Waals surface area contributed by atoms with Crippen LogP contribution < -0.4 is 0 Å². The summed E-state index contributed by atoms with van der Waals surface area (Å²) in [4.78, 5) is 10.3. The first-order valence-corrected chi connectivity index (χ1v) is 6.65. The number of aldehydes is 1. The SMILES string of the molecule is CSC(C)(C)C(C)CCC(C)CC=O. The summed E-state index contributed by atoms with van der Waals surface area (Å²) in [7, 11) is 0. The van der Waals surface area contributed by atoms with Crippen molar-refractivity contribution in [1.29, 1.82) is 0 Å². The minimum Gasteiger partial charge on any atom is -0.303 e. The topological polar surface area (TPSA) is 17.1 Å². The van der Waals surface area contributed by atoms with Gasteiger partial charge in [0.25, 0.3) is 0 Å². The van der Waals surface area contributed by atoms with Crippen molar-refractivity contribution in [2.45, 2.75) is 51.7 Å². The highest BCUT2D eigenvalue weighted by Gasteiger charge is 2.24. The van der Waals surface area contributed by atoms with Crippen molar-refractivity contribution in [3.05, 3.63) is 0 Å². The molecule has 2 heteroatoms. The smallest absolute Gasteiger partial charge is 0.120 e. The zero-order chi connectivity index (χ0) is 11.2. The molecule has 0 aliphatic carbocycles. The van der Waals surface area contributed by atoms with Crippen molar-refractivity contribution < 1.29 is 4.79 Å². The zero-order valence-electron chi connectivity index (χ0n) is 10.2. The van der Waals surface area contributed by atoms with E-state index in [1.165, 1.54) is 12.8 Å². The third-order valence-corrected chi connectivity index (χ3v) is 4.76. The van der Waals surface area contributed by atoms with Crippen LogP contribution in [-0.4, -0.2) is 17.3 Å². The summed E-state index contributed by atoms with van der Waals surface area (Å²) in [6.45, 7) is 9.07. The van der Waals surface area contributed by atoms with Crippen LogP contribution >= 0.6 is 11.8 Å². The van der Waals surface area contributed by atoms with E-state index in [0.29, 0.717) is 23.0 Å². The predicted octanol–water partition coefficient (Wildman–Crippen LogP) is 3.77. The monoisotopic (exact) mass is 216 g/mol. The molecular formula is C12H24OS. The first-order chi connectivity index (χ1) is 6.44. The minimum absolute atomic E-state index is 0.362. The van der Waals surface area contributed by atoms with Crippen LogP contribution in [0.2, 0.25) is 0 Å². The highest BCUT2D eigenvalue weighted by Crippen LogP contribution is 2.33. The standard InChI is InChI=1S/C12H24OS/c1-10(8-9-13)6-7-11(2)12(3,4)14-5/h9-11H,6-8H2,1-5H3. The van der Waals surface area contributed by atoms with Crippen LogP contribution in [0.5, 0.6) is 0 Å². The molecule has 14 heavy (non-hydrogen) atoms. The molecule has 0 saturated heterocycles. The van der Waals surface area contributed by atoms with Crippen LogP contribution in [0.3, 0.4) is 0 Å². The number of thioether (sulfide) groups is 1. The van der Waals surface area contributed by atoms with E-state index in [2.05, 4.69) is 34.0 Å². The van der Waals surface area contributed by atoms with E-state index >= 15 is 0 Å². The van der Waals surface area contributed by atoms with Crippen molar-refractivity contribution in [2.75, 3.05) is 6.26 Å². The molecular weight excluding hydrogens is 192 g/mol. The molecule has 0 N–H and O–H groups in total. The second-order valence-electron chi connectivity index (χ2n) is 4.79. The zero-order valence-corrected chi connectivity index (χ0v) is 11.0. The quantitative estimate of drug-likeness (QED) is 0.603. The summed E-state index contributed by atoms with van der Waals surface area (Å²) in [5.74, 6) is 1.26. The van der Waals surface area contributed by atoms with E-state index < -0.39 is 0 Å². The third-order valence-electron chi connectivity index (χ3n) is 3.30. The molecule has 0 aliphatic rings. The van der Waals surface area contributed by atoms with Gasteiger partial charge in [-0.2, -0.15) is 11.8 Å². The Kier molecular flexibility index (Phi) is 6.50.